The lowest BCUT2D eigenvalue weighted by Gasteiger charge is -2.17. The zero-order chi connectivity index (χ0) is 13.0. The Kier molecular flexibility index (Phi) is 4.59. The Balaban J connectivity index is 1.91. The molecule has 0 aliphatic heterocycles. The van der Waals surface area contributed by atoms with Crippen LogP contribution < -0.4 is 5.32 Å². The van der Waals surface area contributed by atoms with Gasteiger partial charge in [0.2, 0.25) is 0 Å². The molecular formula is C14H19ClN2O. The number of hydrogen-bond acceptors (Lipinski definition) is 2. The number of aryl methyl sites for hydroxylation is 1. The maximum absolute atomic E-state index is 12.0. The smallest absolute Gasteiger partial charge is 0.270 e. The number of alkyl halides is 1. The van der Waals surface area contributed by atoms with Gasteiger partial charge in [-0.3, -0.25) is 9.78 Å². The van der Waals surface area contributed by atoms with Gasteiger partial charge in [0.15, 0.2) is 0 Å². The van der Waals surface area contributed by atoms with Crippen molar-refractivity contribution in [3.8, 4) is 0 Å². The summed E-state index contributed by atoms with van der Waals surface area (Å²) in [5.41, 5.74) is 1.44. The van der Waals surface area contributed by atoms with Gasteiger partial charge in [-0.15, -0.1) is 11.6 Å². The summed E-state index contributed by atoms with van der Waals surface area (Å²) in [6, 6.07) is 3.74. The minimum atomic E-state index is -0.0756. The summed E-state index contributed by atoms with van der Waals surface area (Å²) in [4.78, 5) is 16.1. The molecule has 98 valence electrons. The zero-order valence-electron chi connectivity index (χ0n) is 10.7. The molecule has 1 heterocycles. The maximum atomic E-state index is 12.0. The first-order valence-corrected chi connectivity index (χ1v) is 7.01. The zero-order valence-corrected chi connectivity index (χ0v) is 11.4. The van der Waals surface area contributed by atoms with Crippen molar-refractivity contribution in [2.75, 3.05) is 12.4 Å². The molecule has 1 amide bonds. The second-order valence-corrected chi connectivity index (χ2v) is 5.29. The predicted molar refractivity (Wildman–Crippen MR) is 72.9 cm³/mol. The molecule has 1 aliphatic rings. The van der Waals surface area contributed by atoms with Gasteiger partial charge in [-0.2, -0.15) is 0 Å². The number of carbonyl (C=O) groups is 1. The van der Waals surface area contributed by atoms with Crippen molar-refractivity contribution < 1.29 is 4.79 Å². The molecule has 1 fully saturated rings. The van der Waals surface area contributed by atoms with Gasteiger partial charge in [-0.25, -0.2) is 0 Å². The first-order chi connectivity index (χ1) is 8.72. The molecule has 1 aromatic rings. The lowest BCUT2D eigenvalue weighted by molar-refractivity contribution is 0.0939. The van der Waals surface area contributed by atoms with Crippen LogP contribution in [0.3, 0.4) is 0 Å². The Morgan fingerprint density at radius 3 is 3.00 bits per heavy atom. The second-order valence-electron chi connectivity index (χ2n) is 4.98. The van der Waals surface area contributed by atoms with Crippen molar-refractivity contribution in [2.24, 2.45) is 11.8 Å². The summed E-state index contributed by atoms with van der Waals surface area (Å²) < 4.78 is 0. The van der Waals surface area contributed by atoms with Gasteiger partial charge in [0.1, 0.15) is 5.69 Å². The minimum Gasteiger partial charge on any atom is -0.350 e. The third kappa shape index (κ3) is 3.02. The van der Waals surface area contributed by atoms with E-state index in [0.29, 0.717) is 30.0 Å². The van der Waals surface area contributed by atoms with E-state index < -0.39 is 0 Å². The molecule has 1 saturated carbocycles. The van der Waals surface area contributed by atoms with Crippen molar-refractivity contribution in [1.82, 2.24) is 10.3 Å². The van der Waals surface area contributed by atoms with Crippen molar-refractivity contribution >= 4 is 17.5 Å². The molecule has 1 aromatic heterocycles. The number of halogens is 1. The lowest BCUT2D eigenvalue weighted by Crippen LogP contribution is -2.32. The van der Waals surface area contributed by atoms with E-state index in [1.807, 2.05) is 19.1 Å². The molecule has 0 bridgehead atoms. The third-order valence-electron chi connectivity index (χ3n) is 3.76. The van der Waals surface area contributed by atoms with E-state index in [0.717, 1.165) is 5.56 Å². The monoisotopic (exact) mass is 266 g/mol. The largest absolute Gasteiger partial charge is 0.350 e. The van der Waals surface area contributed by atoms with Crippen LogP contribution in [0, 0.1) is 18.8 Å². The Labute approximate surface area is 113 Å². The SMILES string of the molecule is Cc1cccnc1C(=O)NCC1CCCC1CCl. The van der Waals surface area contributed by atoms with Gasteiger partial charge < -0.3 is 5.32 Å². The highest BCUT2D eigenvalue weighted by molar-refractivity contribution is 6.18. The van der Waals surface area contributed by atoms with Gasteiger partial charge in [0.05, 0.1) is 0 Å². The van der Waals surface area contributed by atoms with Crippen LogP contribution in [0.1, 0.15) is 35.3 Å². The van der Waals surface area contributed by atoms with Crippen molar-refractivity contribution in [3.05, 3.63) is 29.6 Å². The van der Waals surface area contributed by atoms with Crippen LogP contribution in [-0.4, -0.2) is 23.3 Å². The molecule has 2 unspecified atom stereocenters. The normalized spacial score (nSPS) is 23.0. The van der Waals surface area contributed by atoms with Crippen molar-refractivity contribution in [3.63, 3.8) is 0 Å². The van der Waals surface area contributed by atoms with E-state index in [9.17, 15) is 4.79 Å². The Morgan fingerprint density at radius 1 is 1.50 bits per heavy atom. The average Bonchev–Trinajstić information content (AvgIpc) is 2.84. The summed E-state index contributed by atoms with van der Waals surface area (Å²) in [7, 11) is 0. The topological polar surface area (TPSA) is 42.0 Å². The minimum absolute atomic E-state index is 0.0756. The van der Waals surface area contributed by atoms with Gasteiger partial charge in [-0.1, -0.05) is 12.5 Å². The molecule has 2 rings (SSSR count). The van der Waals surface area contributed by atoms with Gasteiger partial charge in [0.25, 0.3) is 5.91 Å². The number of aromatic nitrogens is 1. The molecule has 0 aromatic carbocycles. The standard InChI is InChI=1S/C14H19ClN2O/c1-10-4-3-7-16-13(10)14(18)17-9-12-6-2-5-11(12)8-15/h3-4,7,11-12H,2,5-6,8-9H2,1H3,(H,17,18). The fraction of sp³-hybridized carbons (Fsp3) is 0.571. The van der Waals surface area contributed by atoms with E-state index in [4.69, 9.17) is 11.6 Å². The molecule has 1 aliphatic carbocycles. The molecule has 2 atom stereocenters. The number of pyridine rings is 1. The Morgan fingerprint density at radius 2 is 2.28 bits per heavy atom. The summed E-state index contributed by atoms with van der Waals surface area (Å²) >= 11 is 5.94. The van der Waals surface area contributed by atoms with Crippen LogP contribution in [0.5, 0.6) is 0 Å². The van der Waals surface area contributed by atoms with E-state index in [1.54, 1.807) is 6.20 Å². The maximum Gasteiger partial charge on any atom is 0.270 e. The predicted octanol–water partition coefficient (Wildman–Crippen LogP) is 2.77. The summed E-state index contributed by atoms with van der Waals surface area (Å²) in [5.74, 6) is 1.70. The van der Waals surface area contributed by atoms with Gasteiger partial charge in [0, 0.05) is 18.6 Å². The molecule has 3 nitrogen and oxygen atoms in total. The number of rotatable bonds is 4. The van der Waals surface area contributed by atoms with Crippen molar-refractivity contribution in [2.45, 2.75) is 26.2 Å². The van der Waals surface area contributed by atoms with E-state index in [2.05, 4.69) is 10.3 Å². The second kappa shape index (κ2) is 6.19. The van der Waals surface area contributed by atoms with E-state index in [1.165, 1.54) is 19.3 Å². The van der Waals surface area contributed by atoms with Crippen LogP contribution in [0.15, 0.2) is 18.3 Å². The number of carbonyl (C=O) groups excluding carboxylic acids is 1. The van der Waals surface area contributed by atoms with Gasteiger partial charge in [-0.05, 0) is 43.2 Å². The molecular weight excluding hydrogens is 248 g/mol. The number of amides is 1. The van der Waals surface area contributed by atoms with Crippen LogP contribution in [0.25, 0.3) is 0 Å². The third-order valence-corrected chi connectivity index (χ3v) is 4.16. The fourth-order valence-electron chi connectivity index (χ4n) is 2.62. The highest BCUT2D eigenvalue weighted by Crippen LogP contribution is 2.31. The van der Waals surface area contributed by atoms with Crippen molar-refractivity contribution in [1.29, 1.82) is 0 Å². The molecule has 1 N–H and O–H groups in total. The molecule has 0 radical (unpaired) electrons. The number of nitrogens with zero attached hydrogens (tertiary/aromatic N) is 1. The first-order valence-electron chi connectivity index (χ1n) is 6.48. The quantitative estimate of drug-likeness (QED) is 0.852. The summed E-state index contributed by atoms with van der Waals surface area (Å²) in [6.07, 6.45) is 5.23. The Hall–Kier alpha value is -1.09. The Bertz CT molecular complexity index is 422. The molecule has 0 spiro atoms. The summed E-state index contributed by atoms with van der Waals surface area (Å²) in [6.45, 7) is 2.62. The highest BCUT2D eigenvalue weighted by Gasteiger charge is 2.26. The van der Waals surface area contributed by atoms with E-state index in [-0.39, 0.29) is 5.91 Å². The van der Waals surface area contributed by atoms with Crippen LogP contribution in [0.4, 0.5) is 0 Å². The van der Waals surface area contributed by atoms with Crippen LogP contribution >= 0.6 is 11.6 Å². The van der Waals surface area contributed by atoms with Gasteiger partial charge >= 0.3 is 0 Å². The molecule has 18 heavy (non-hydrogen) atoms. The van der Waals surface area contributed by atoms with Crippen LogP contribution in [0.2, 0.25) is 0 Å². The first kappa shape index (κ1) is 13.3. The number of hydrogen-bond donors (Lipinski definition) is 1. The summed E-state index contributed by atoms with van der Waals surface area (Å²) in [5, 5.41) is 2.99. The van der Waals surface area contributed by atoms with E-state index >= 15 is 0 Å². The molecule has 0 saturated heterocycles. The lowest BCUT2D eigenvalue weighted by atomic mass is 9.98. The highest BCUT2D eigenvalue weighted by atomic mass is 35.5. The molecule has 4 heteroatoms. The fourth-order valence-corrected chi connectivity index (χ4v) is 3.02. The average molecular weight is 267 g/mol. The van der Waals surface area contributed by atoms with Crippen LogP contribution in [-0.2, 0) is 0 Å². The number of nitrogens with one attached hydrogen (secondary N) is 1.